The number of aliphatic hydroxyl groups is 3. The Morgan fingerprint density at radius 2 is 1.64 bits per heavy atom. The highest BCUT2D eigenvalue weighted by atomic mass is 32.1. The Morgan fingerprint density at radius 1 is 1.16 bits per heavy atom. The molecular formula is C13H16N2O9S. The van der Waals surface area contributed by atoms with Gasteiger partial charge < -0.3 is 20.1 Å². The van der Waals surface area contributed by atoms with Crippen LogP contribution < -0.4 is 0 Å². The fourth-order valence-corrected chi connectivity index (χ4v) is 3.08. The lowest BCUT2D eigenvalue weighted by molar-refractivity contribution is -0.504. The van der Waals surface area contributed by atoms with E-state index in [4.69, 9.17) is 4.74 Å². The van der Waals surface area contributed by atoms with Gasteiger partial charge in [-0.25, -0.2) is 0 Å². The molecule has 1 rings (SSSR count). The number of nitrogens with zero attached hydrogens (tertiary/aromatic N) is 2. The van der Waals surface area contributed by atoms with E-state index in [2.05, 4.69) is 17.2 Å². The van der Waals surface area contributed by atoms with Gasteiger partial charge in [-0.2, -0.15) is 4.99 Å². The van der Waals surface area contributed by atoms with Crippen molar-refractivity contribution in [2.75, 3.05) is 6.54 Å². The van der Waals surface area contributed by atoms with Gasteiger partial charge in [-0.1, -0.05) is 0 Å². The van der Waals surface area contributed by atoms with Crippen LogP contribution in [-0.2, 0) is 19.1 Å². The Labute approximate surface area is 146 Å². The van der Waals surface area contributed by atoms with Gasteiger partial charge in [-0.15, -0.1) is 0 Å². The highest BCUT2D eigenvalue weighted by Gasteiger charge is 2.79. The second kappa shape index (κ2) is 6.75. The molecule has 0 aromatic carbocycles. The van der Waals surface area contributed by atoms with Crippen molar-refractivity contribution in [3.05, 3.63) is 10.1 Å². The monoisotopic (exact) mass is 376 g/mol. The van der Waals surface area contributed by atoms with Crippen molar-refractivity contribution in [1.29, 1.82) is 0 Å². The third kappa shape index (κ3) is 2.72. The van der Waals surface area contributed by atoms with Crippen LogP contribution in [0.3, 0.4) is 0 Å². The number of isothiocyanates is 1. The van der Waals surface area contributed by atoms with Gasteiger partial charge in [-0.05, 0) is 33.0 Å². The van der Waals surface area contributed by atoms with Gasteiger partial charge >= 0.3 is 0 Å². The lowest BCUT2D eigenvalue weighted by Gasteiger charge is -2.55. The zero-order valence-corrected chi connectivity index (χ0v) is 14.3. The van der Waals surface area contributed by atoms with Crippen LogP contribution in [0.5, 0.6) is 0 Å². The number of Topliss-reactive ketones (excluding diaryl/α,β-unsaturated/α-hetero) is 3. The average Bonchev–Trinajstić information content (AvgIpc) is 2.48. The fraction of sp³-hybridized carbons (Fsp3) is 0.692. The zero-order chi connectivity index (χ0) is 19.8. The second-order valence-electron chi connectivity index (χ2n) is 5.62. The van der Waals surface area contributed by atoms with Crippen LogP contribution in [0.15, 0.2) is 4.99 Å². The second-order valence-corrected chi connectivity index (χ2v) is 5.81. The summed E-state index contributed by atoms with van der Waals surface area (Å²) in [5.74, 6) is -4.02. The van der Waals surface area contributed by atoms with E-state index >= 15 is 0 Å². The third-order valence-corrected chi connectivity index (χ3v) is 4.39. The molecular weight excluding hydrogens is 360 g/mol. The maximum absolute atomic E-state index is 12.2. The molecule has 138 valence electrons. The zero-order valence-electron chi connectivity index (χ0n) is 13.5. The van der Waals surface area contributed by atoms with E-state index in [1.54, 1.807) is 5.16 Å². The number of hydrogen-bond donors (Lipinski definition) is 3. The molecule has 1 aliphatic heterocycles. The van der Waals surface area contributed by atoms with Crippen LogP contribution >= 0.6 is 12.2 Å². The summed E-state index contributed by atoms with van der Waals surface area (Å²) in [4.78, 5) is 49.5. The normalized spacial score (nSPS) is 37.7. The molecule has 1 saturated heterocycles. The third-order valence-electron chi connectivity index (χ3n) is 4.29. The molecule has 0 aromatic rings. The number of thiocarbonyl (C=S) groups is 1. The highest BCUT2D eigenvalue weighted by Crippen LogP contribution is 2.46. The Morgan fingerprint density at radius 3 is 1.96 bits per heavy atom. The van der Waals surface area contributed by atoms with E-state index in [0.29, 0.717) is 13.8 Å². The summed E-state index contributed by atoms with van der Waals surface area (Å²) in [6, 6.07) is 0. The van der Waals surface area contributed by atoms with Gasteiger partial charge in [0.15, 0.2) is 35.3 Å². The van der Waals surface area contributed by atoms with Gasteiger partial charge in [0.2, 0.25) is 17.7 Å². The number of aliphatic imine (C=N–C) groups is 1. The lowest BCUT2D eigenvalue weighted by atomic mass is 9.60. The van der Waals surface area contributed by atoms with Crippen LogP contribution in [0.1, 0.15) is 20.8 Å². The average molecular weight is 376 g/mol. The molecule has 12 heteroatoms. The van der Waals surface area contributed by atoms with Gasteiger partial charge in [-0.3, -0.25) is 24.5 Å². The van der Waals surface area contributed by atoms with Crippen LogP contribution in [0.4, 0.5) is 0 Å². The van der Waals surface area contributed by atoms with Gasteiger partial charge in [0, 0.05) is 4.92 Å². The Bertz CT molecular complexity index is 691. The number of carbonyl (C=O) groups excluding carboxylic acids is 3. The van der Waals surface area contributed by atoms with Crippen molar-refractivity contribution in [1.82, 2.24) is 0 Å². The standard InChI is InChI=1S/C13H16N2O9S/c1-6(16)11(19)9(4-15(22)23)24-10(14-5-25)12(20,7(2)17)13(11,21)8(3)18/h9-10,19-21H,4H2,1-3H3/t9-,10?,11-,12+,13+/m1/s1. The molecule has 0 radical (unpaired) electrons. The largest absolute Gasteiger partial charge is 0.376 e. The molecule has 0 bridgehead atoms. The minimum Gasteiger partial charge on any atom is -0.376 e. The molecule has 11 nitrogen and oxygen atoms in total. The molecule has 0 saturated carbocycles. The summed E-state index contributed by atoms with van der Waals surface area (Å²) >= 11 is 4.35. The summed E-state index contributed by atoms with van der Waals surface area (Å²) < 4.78 is 5.05. The molecule has 0 aromatic heterocycles. The summed E-state index contributed by atoms with van der Waals surface area (Å²) in [7, 11) is 0. The number of hydrogen-bond acceptors (Lipinski definition) is 11. The van der Waals surface area contributed by atoms with Crippen molar-refractivity contribution in [3.8, 4) is 0 Å². The number of nitro groups is 1. The maximum Gasteiger partial charge on any atom is 0.233 e. The first-order valence-electron chi connectivity index (χ1n) is 6.86. The maximum atomic E-state index is 12.2. The minimum atomic E-state index is -3.48. The van der Waals surface area contributed by atoms with Gasteiger partial charge in [0.25, 0.3) is 0 Å². The van der Waals surface area contributed by atoms with E-state index in [9.17, 15) is 39.8 Å². The molecule has 3 N–H and O–H groups in total. The first kappa shape index (κ1) is 21.1. The van der Waals surface area contributed by atoms with Gasteiger partial charge in [0.05, 0.1) is 5.16 Å². The molecule has 1 aliphatic rings. The van der Waals surface area contributed by atoms with Crippen LogP contribution in [-0.4, -0.2) is 78.4 Å². The van der Waals surface area contributed by atoms with Crippen molar-refractivity contribution in [2.45, 2.75) is 49.9 Å². The molecule has 0 amide bonds. The molecule has 0 aliphatic carbocycles. The Balaban J connectivity index is 3.91. The summed E-state index contributed by atoms with van der Waals surface area (Å²) in [6.45, 7) is 0.919. The predicted molar refractivity (Wildman–Crippen MR) is 82.4 cm³/mol. The predicted octanol–water partition coefficient (Wildman–Crippen LogP) is -1.95. The van der Waals surface area contributed by atoms with Crippen molar-refractivity contribution < 1.29 is 39.4 Å². The number of ketones is 3. The fourth-order valence-electron chi connectivity index (χ4n) is 2.98. The lowest BCUT2D eigenvalue weighted by Crippen LogP contribution is -2.86. The number of rotatable bonds is 6. The molecule has 1 fully saturated rings. The molecule has 5 atom stereocenters. The highest BCUT2D eigenvalue weighted by molar-refractivity contribution is 7.78. The number of ether oxygens (including phenoxy) is 1. The SMILES string of the molecule is CC(=O)[C@]1(O)[C@@](O)(C(C)=O)[C@@H](C[N+](=O)[O-])OC(N=C=S)[C@@]1(O)C(C)=O. The van der Waals surface area contributed by atoms with Crippen molar-refractivity contribution in [2.24, 2.45) is 4.99 Å². The van der Waals surface area contributed by atoms with E-state index in [1.165, 1.54) is 0 Å². The smallest absolute Gasteiger partial charge is 0.233 e. The molecule has 25 heavy (non-hydrogen) atoms. The van der Waals surface area contributed by atoms with Crippen molar-refractivity contribution >= 4 is 34.7 Å². The van der Waals surface area contributed by atoms with Gasteiger partial charge in [0.1, 0.15) is 0 Å². The number of carbonyl (C=O) groups is 3. The topological polar surface area (TPSA) is 177 Å². The van der Waals surface area contributed by atoms with E-state index in [-0.39, 0.29) is 0 Å². The van der Waals surface area contributed by atoms with Crippen molar-refractivity contribution in [3.63, 3.8) is 0 Å². The van der Waals surface area contributed by atoms with Crippen LogP contribution in [0.2, 0.25) is 0 Å². The van der Waals surface area contributed by atoms with Crippen LogP contribution in [0.25, 0.3) is 0 Å². The quantitative estimate of drug-likeness (QED) is 0.204. The summed E-state index contributed by atoms with van der Waals surface area (Å²) in [5.41, 5.74) is -10.0. The first-order valence-corrected chi connectivity index (χ1v) is 7.27. The minimum absolute atomic E-state index is 0.689. The summed E-state index contributed by atoms with van der Waals surface area (Å²) in [6.07, 6.45) is -4.22. The first-order chi connectivity index (χ1) is 11.3. The Hall–Kier alpha value is -1.95. The molecule has 0 spiro atoms. The summed E-state index contributed by atoms with van der Waals surface area (Å²) in [5, 5.41) is 45.0. The Kier molecular flexibility index (Phi) is 5.69. The van der Waals surface area contributed by atoms with Crippen LogP contribution in [0, 0.1) is 10.1 Å². The molecule has 1 unspecified atom stereocenters. The van der Waals surface area contributed by atoms with E-state index < -0.39 is 58.0 Å². The van der Waals surface area contributed by atoms with E-state index in [0.717, 1.165) is 6.92 Å². The molecule has 1 heterocycles. The van der Waals surface area contributed by atoms with E-state index in [1.807, 2.05) is 0 Å².